The number of carbonyl (C=O) groups is 2. The topological polar surface area (TPSA) is 114 Å². The Balaban J connectivity index is 1.77. The summed E-state index contributed by atoms with van der Waals surface area (Å²) in [5, 5.41) is 5.25. The van der Waals surface area contributed by atoms with Crippen molar-refractivity contribution in [2.24, 2.45) is 0 Å². The van der Waals surface area contributed by atoms with Crippen LogP contribution in [0.3, 0.4) is 0 Å². The number of hydrogen-bond acceptors (Lipinski definition) is 5. The second kappa shape index (κ2) is 8.83. The Bertz CT molecular complexity index is 1020. The lowest BCUT2D eigenvalue weighted by molar-refractivity contribution is -0.120. The Morgan fingerprint density at radius 2 is 1.83 bits per heavy atom. The molecule has 0 radical (unpaired) electrons. The quantitative estimate of drug-likeness (QED) is 0.534. The molecule has 1 aliphatic carbocycles. The summed E-state index contributed by atoms with van der Waals surface area (Å²) in [6, 6.07) is 10.8. The number of anilines is 1. The van der Waals surface area contributed by atoms with Crippen LogP contribution >= 0.6 is 15.9 Å². The number of halogens is 1. The minimum Gasteiger partial charge on any atom is -0.495 e. The molecular formula is C19H20BrN3O5S. The minimum absolute atomic E-state index is 0.0950. The third-order valence-corrected chi connectivity index (χ3v) is 6.09. The van der Waals surface area contributed by atoms with Gasteiger partial charge in [0.1, 0.15) is 10.6 Å². The number of amides is 2. The Kier molecular flexibility index (Phi) is 6.43. The van der Waals surface area contributed by atoms with Crippen molar-refractivity contribution in [2.45, 2.75) is 23.8 Å². The molecule has 0 bridgehead atoms. The fraction of sp³-hybridized carbons (Fsp3) is 0.263. The van der Waals surface area contributed by atoms with Gasteiger partial charge in [0, 0.05) is 21.8 Å². The van der Waals surface area contributed by atoms with Gasteiger partial charge in [-0.1, -0.05) is 15.9 Å². The molecule has 10 heteroatoms. The van der Waals surface area contributed by atoms with E-state index in [9.17, 15) is 18.0 Å². The third-order valence-electron chi connectivity index (χ3n) is 4.16. The van der Waals surface area contributed by atoms with E-state index in [4.69, 9.17) is 4.74 Å². The maximum atomic E-state index is 12.8. The van der Waals surface area contributed by atoms with Gasteiger partial charge in [-0.2, -0.15) is 0 Å². The highest BCUT2D eigenvalue weighted by atomic mass is 79.9. The molecule has 154 valence electrons. The Morgan fingerprint density at radius 3 is 2.45 bits per heavy atom. The highest BCUT2D eigenvalue weighted by molar-refractivity contribution is 9.10. The zero-order valence-corrected chi connectivity index (χ0v) is 18.0. The van der Waals surface area contributed by atoms with Crippen LogP contribution in [0, 0.1) is 0 Å². The van der Waals surface area contributed by atoms with Gasteiger partial charge in [-0.3, -0.25) is 14.3 Å². The Hall–Kier alpha value is -2.59. The van der Waals surface area contributed by atoms with Crippen LogP contribution in [0.15, 0.2) is 51.8 Å². The van der Waals surface area contributed by atoms with Gasteiger partial charge < -0.3 is 15.4 Å². The molecule has 3 rings (SSSR count). The summed E-state index contributed by atoms with van der Waals surface area (Å²) in [7, 11) is -2.67. The lowest BCUT2D eigenvalue weighted by Crippen LogP contribution is -2.37. The number of sulfonamides is 1. The number of hydrogen-bond donors (Lipinski definition) is 3. The van der Waals surface area contributed by atoms with E-state index in [2.05, 4.69) is 31.3 Å². The van der Waals surface area contributed by atoms with Gasteiger partial charge in [-0.15, -0.1) is 0 Å². The zero-order chi connectivity index (χ0) is 21.0. The van der Waals surface area contributed by atoms with Gasteiger partial charge in [0.25, 0.3) is 15.9 Å². The summed E-state index contributed by atoms with van der Waals surface area (Å²) < 4.78 is 34.1. The van der Waals surface area contributed by atoms with Crippen molar-refractivity contribution in [1.29, 1.82) is 0 Å². The standard InChI is InChI=1S/C19H20BrN3O5S/c1-28-16-9-2-12(19(25)21-11-18(24)22-14-7-8-14)10-17(16)29(26,27)23-15-5-3-13(20)4-6-15/h2-6,9-10,14,23H,7-8,11H2,1H3,(H,21,25)(H,22,24). The molecule has 1 fully saturated rings. The molecule has 2 aromatic carbocycles. The lowest BCUT2D eigenvalue weighted by Gasteiger charge is -2.13. The summed E-state index contributed by atoms with van der Waals surface area (Å²) in [5.74, 6) is -0.740. The summed E-state index contributed by atoms with van der Waals surface area (Å²) >= 11 is 3.29. The maximum Gasteiger partial charge on any atom is 0.265 e. The molecule has 0 aliphatic heterocycles. The lowest BCUT2D eigenvalue weighted by atomic mass is 10.2. The predicted octanol–water partition coefficient (Wildman–Crippen LogP) is 2.27. The highest BCUT2D eigenvalue weighted by Crippen LogP contribution is 2.27. The van der Waals surface area contributed by atoms with Crippen LogP contribution in [-0.2, 0) is 14.8 Å². The first kappa shape index (κ1) is 21.1. The van der Waals surface area contributed by atoms with E-state index in [0.717, 1.165) is 17.3 Å². The second-order valence-electron chi connectivity index (χ2n) is 6.50. The van der Waals surface area contributed by atoms with E-state index in [0.29, 0.717) is 5.69 Å². The highest BCUT2D eigenvalue weighted by Gasteiger charge is 2.24. The maximum absolute atomic E-state index is 12.8. The molecule has 0 aromatic heterocycles. The largest absolute Gasteiger partial charge is 0.495 e. The van der Waals surface area contributed by atoms with Crippen molar-refractivity contribution in [3.63, 3.8) is 0 Å². The van der Waals surface area contributed by atoms with Crippen LogP contribution < -0.4 is 20.1 Å². The molecule has 0 spiro atoms. The van der Waals surface area contributed by atoms with Gasteiger partial charge in [0.2, 0.25) is 5.91 Å². The van der Waals surface area contributed by atoms with Crippen LogP contribution in [-0.4, -0.2) is 39.9 Å². The molecule has 0 unspecified atom stereocenters. The molecule has 0 saturated heterocycles. The van der Waals surface area contributed by atoms with Crippen LogP contribution in [0.1, 0.15) is 23.2 Å². The van der Waals surface area contributed by atoms with Gasteiger partial charge in [-0.05, 0) is 55.3 Å². The average molecular weight is 482 g/mol. The summed E-state index contributed by atoms with van der Waals surface area (Å²) in [6.07, 6.45) is 1.90. The summed E-state index contributed by atoms with van der Waals surface area (Å²) in [6.45, 7) is -0.180. The normalized spacial score (nSPS) is 13.4. The molecule has 8 nitrogen and oxygen atoms in total. The van der Waals surface area contributed by atoms with E-state index < -0.39 is 15.9 Å². The number of methoxy groups -OCH3 is 1. The average Bonchev–Trinajstić information content (AvgIpc) is 3.51. The predicted molar refractivity (Wildman–Crippen MR) is 111 cm³/mol. The van der Waals surface area contributed by atoms with Crippen molar-refractivity contribution in [2.75, 3.05) is 18.4 Å². The van der Waals surface area contributed by atoms with Crippen LogP contribution in [0.25, 0.3) is 0 Å². The second-order valence-corrected chi connectivity index (χ2v) is 9.07. The fourth-order valence-electron chi connectivity index (χ4n) is 2.52. The SMILES string of the molecule is COc1ccc(C(=O)NCC(=O)NC2CC2)cc1S(=O)(=O)Nc1ccc(Br)cc1. The first-order valence-corrected chi connectivity index (χ1v) is 11.1. The van der Waals surface area contributed by atoms with Crippen LogP contribution in [0.5, 0.6) is 5.75 Å². The smallest absolute Gasteiger partial charge is 0.265 e. The molecule has 0 atom stereocenters. The van der Waals surface area contributed by atoms with Crippen molar-refractivity contribution < 1.29 is 22.7 Å². The molecule has 0 heterocycles. The van der Waals surface area contributed by atoms with E-state index in [1.165, 1.54) is 25.3 Å². The van der Waals surface area contributed by atoms with E-state index >= 15 is 0 Å². The third kappa shape index (κ3) is 5.70. The molecule has 1 saturated carbocycles. The molecular weight excluding hydrogens is 462 g/mol. The monoisotopic (exact) mass is 481 g/mol. The van der Waals surface area contributed by atoms with Gasteiger partial charge in [-0.25, -0.2) is 8.42 Å². The molecule has 1 aliphatic rings. The van der Waals surface area contributed by atoms with E-state index in [-0.39, 0.29) is 34.7 Å². The first-order chi connectivity index (χ1) is 13.8. The van der Waals surface area contributed by atoms with E-state index in [1.54, 1.807) is 24.3 Å². The number of nitrogens with one attached hydrogen (secondary N) is 3. The fourth-order valence-corrected chi connectivity index (χ4v) is 4.04. The number of rotatable bonds is 8. The van der Waals surface area contributed by atoms with Crippen molar-refractivity contribution in [3.05, 3.63) is 52.5 Å². The van der Waals surface area contributed by atoms with Crippen molar-refractivity contribution in [3.8, 4) is 5.75 Å². The van der Waals surface area contributed by atoms with Gasteiger partial charge >= 0.3 is 0 Å². The summed E-state index contributed by atoms with van der Waals surface area (Å²) in [5.41, 5.74) is 0.461. The van der Waals surface area contributed by atoms with Crippen LogP contribution in [0.2, 0.25) is 0 Å². The van der Waals surface area contributed by atoms with E-state index in [1.807, 2.05) is 0 Å². The molecule has 2 aromatic rings. The number of carbonyl (C=O) groups excluding carboxylic acids is 2. The number of ether oxygens (including phenoxy) is 1. The van der Waals surface area contributed by atoms with Crippen molar-refractivity contribution in [1.82, 2.24) is 10.6 Å². The Morgan fingerprint density at radius 1 is 1.14 bits per heavy atom. The molecule has 2 amide bonds. The minimum atomic E-state index is -4.01. The van der Waals surface area contributed by atoms with Gasteiger partial charge in [0.05, 0.1) is 13.7 Å². The van der Waals surface area contributed by atoms with Crippen molar-refractivity contribution >= 4 is 43.5 Å². The Labute approximate surface area is 177 Å². The molecule has 3 N–H and O–H groups in total. The van der Waals surface area contributed by atoms with Crippen LogP contribution in [0.4, 0.5) is 5.69 Å². The first-order valence-electron chi connectivity index (χ1n) is 8.82. The zero-order valence-electron chi connectivity index (χ0n) is 15.6. The van der Waals surface area contributed by atoms with Gasteiger partial charge in [0.15, 0.2) is 0 Å². The summed E-state index contributed by atoms with van der Waals surface area (Å²) in [4.78, 5) is 23.9. The number of benzene rings is 2. The molecule has 29 heavy (non-hydrogen) atoms.